The highest BCUT2D eigenvalue weighted by Gasteiger charge is 2.52. The van der Waals surface area contributed by atoms with Crippen molar-refractivity contribution in [2.24, 2.45) is 5.84 Å². The van der Waals surface area contributed by atoms with E-state index in [1.165, 1.54) is 88.6 Å². The normalized spacial score (nSPS) is 13.7. The summed E-state index contributed by atoms with van der Waals surface area (Å²) in [7, 11) is 0. The zero-order chi connectivity index (χ0) is 40.5. The van der Waals surface area contributed by atoms with Crippen LogP contribution in [0.1, 0.15) is 44.9 Å². The maximum atomic E-state index is 6.06. The lowest BCUT2D eigenvalue weighted by Crippen LogP contribution is -2.36. The summed E-state index contributed by atoms with van der Waals surface area (Å²) in [6.45, 7) is 0. The topological polar surface area (TPSA) is 41.3 Å². The number of hydrogen-bond donors (Lipinski definition) is 2. The second-order valence-corrected chi connectivity index (χ2v) is 16.3. The van der Waals surface area contributed by atoms with Gasteiger partial charge in [0.05, 0.1) is 22.5 Å². The van der Waals surface area contributed by atoms with E-state index in [0.717, 1.165) is 16.9 Å². The van der Waals surface area contributed by atoms with Crippen molar-refractivity contribution in [2.75, 3.05) is 10.3 Å². The molecule has 1 aliphatic heterocycles. The first-order chi connectivity index (χ1) is 30.2. The van der Waals surface area contributed by atoms with E-state index in [1.54, 1.807) is 0 Å². The molecule has 61 heavy (non-hydrogen) atoms. The molecule has 3 heteroatoms. The lowest BCUT2D eigenvalue weighted by molar-refractivity contribution is 0.756. The lowest BCUT2D eigenvalue weighted by atomic mass is 9.63. The summed E-state index contributed by atoms with van der Waals surface area (Å²) >= 11 is 0. The molecule has 2 aliphatic rings. The Labute approximate surface area is 356 Å². The molecule has 1 heterocycles. The van der Waals surface area contributed by atoms with E-state index in [2.05, 4.69) is 223 Å². The Hall–Kier alpha value is -7.72. The summed E-state index contributed by atoms with van der Waals surface area (Å²) in [5, 5.41) is 4.93. The van der Waals surface area contributed by atoms with E-state index < -0.39 is 5.41 Å². The van der Waals surface area contributed by atoms with Gasteiger partial charge in [0.2, 0.25) is 0 Å². The van der Waals surface area contributed by atoms with Gasteiger partial charge in [0.15, 0.2) is 0 Å². The van der Waals surface area contributed by atoms with Crippen LogP contribution in [0, 0.1) is 0 Å². The second-order valence-electron chi connectivity index (χ2n) is 16.3. The average Bonchev–Trinajstić information content (AvgIpc) is 3.62. The minimum absolute atomic E-state index is 0.0170. The van der Waals surface area contributed by atoms with Gasteiger partial charge in [-0.05, 0) is 96.2 Å². The summed E-state index contributed by atoms with van der Waals surface area (Å²) in [5.74, 6) is 6.07. The minimum atomic E-state index is -0.564. The molecule has 1 atom stereocenters. The predicted molar refractivity (Wildman–Crippen MR) is 254 cm³/mol. The molecule has 0 saturated heterocycles. The van der Waals surface area contributed by atoms with Gasteiger partial charge in [-0.15, -0.1) is 0 Å². The SMILES string of the molecule is NNc1ccccc1C(c1ccccc1)c1ccc(-c2ccc3c(c2)-c2ccccc2C32c3ccc4ccccc4c3N(c3ccccc3)c3c2ccc2ccccc32)cc1. The maximum absolute atomic E-state index is 6.06. The molecule has 3 N–H and O–H groups in total. The molecular formula is C58H41N3. The van der Waals surface area contributed by atoms with Crippen molar-refractivity contribution in [1.29, 1.82) is 0 Å². The largest absolute Gasteiger partial charge is 0.324 e. The molecule has 288 valence electrons. The van der Waals surface area contributed by atoms with E-state index >= 15 is 0 Å². The first-order valence-corrected chi connectivity index (χ1v) is 21.1. The Kier molecular flexibility index (Phi) is 8.06. The van der Waals surface area contributed by atoms with Crippen LogP contribution in [-0.4, -0.2) is 0 Å². The number of nitrogens with zero attached hydrogens (tertiary/aromatic N) is 1. The molecule has 10 aromatic rings. The van der Waals surface area contributed by atoms with Crippen molar-refractivity contribution in [3.8, 4) is 22.3 Å². The number of nitrogens with one attached hydrogen (secondary N) is 1. The minimum Gasteiger partial charge on any atom is -0.324 e. The number of nitrogen functional groups attached to an aromatic ring is 1. The molecule has 1 aliphatic carbocycles. The predicted octanol–water partition coefficient (Wildman–Crippen LogP) is 14.3. The first-order valence-electron chi connectivity index (χ1n) is 21.1. The zero-order valence-corrected chi connectivity index (χ0v) is 33.5. The van der Waals surface area contributed by atoms with Crippen LogP contribution >= 0.6 is 0 Å². The van der Waals surface area contributed by atoms with E-state index in [9.17, 15) is 0 Å². The molecule has 3 nitrogen and oxygen atoms in total. The number of benzene rings is 10. The van der Waals surface area contributed by atoms with Crippen LogP contribution in [0.3, 0.4) is 0 Å². The van der Waals surface area contributed by atoms with Crippen molar-refractivity contribution >= 4 is 44.3 Å². The van der Waals surface area contributed by atoms with Crippen molar-refractivity contribution in [3.63, 3.8) is 0 Å². The second kappa shape index (κ2) is 13.9. The molecule has 0 aromatic heterocycles. The van der Waals surface area contributed by atoms with Gasteiger partial charge in [-0.3, -0.25) is 5.84 Å². The van der Waals surface area contributed by atoms with Crippen molar-refractivity contribution < 1.29 is 0 Å². The Balaban J connectivity index is 1.08. The number of anilines is 4. The molecule has 1 spiro atoms. The third-order valence-electron chi connectivity index (χ3n) is 13.3. The van der Waals surface area contributed by atoms with Crippen LogP contribution < -0.4 is 16.2 Å². The molecule has 1 unspecified atom stereocenters. The highest BCUT2D eigenvalue weighted by Crippen LogP contribution is 2.65. The van der Waals surface area contributed by atoms with Crippen LogP contribution in [0.15, 0.2) is 224 Å². The van der Waals surface area contributed by atoms with Crippen LogP contribution in [0.2, 0.25) is 0 Å². The molecule has 0 radical (unpaired) electrons. The summed E-state index contributed by atoms with van der Waals surface area (Å²) in [6, 6.07) is 82.6. The molecule has 12 rings (SSSR count). The summed E-state index contributed by atoms with van der Waals surface area (Å²) < 4.78 is 0. The van der Waals surface area contributed by atoms with Gasteiger partial charge in [-0.1, -0.05) is 200 Å². The Morgan fingerprint density at radius 2 is 0.934 bits per heavy atom. The standard InChI is InChI=1S/C58H41N3/c59-60-54-26-14-12-24-48(54)55(41-17-3-1-4-18-41)42-29-27-38(28-30-42)43-33-34-51-49(37-43)47-23-11-13-25-50(47)58(51)52-35-31-39-15-7-9-21-45(39)56(52)61(44-19-5-2-6-20-44)57-46-22-10-8-16-40(46)32-36-53(57)58/h1-37,55,60H,59H2. The van der Waals surface area contributed by atoms with Gasteiger partial charge in [-0.25, -0.2) is 0 Å². The molecule has 0 amide bonds. The number of rotatable bonds is 6. The van der Waals surface area contributed by atoms with E-state index in [-0.39, 0.29) is 5.92 Å². The van der Waals surface area contributed by atoms with E-state index in [0.29, 0.717) is 0 Å². The average molecular weight is 780 g/mol. The van der Waals surface area contributed by atoms with Crippen LogP contribution in [-0.2, 0) is 5.41 Å². The van der Waals surface area contributed by atoms with Crippen LogP contribution in [0.4, 0.5) is 22.7 Å². The fourth-order valence-electron chi connectivity index (χ4n) is 10.7. The van der Waals surface area contributed by atoms with Crippen molar-refractivity contribution in [3.05, 3.63) is 263 Å². The molecule has 0 bridgehead atoms. The number of fused-ring (bicyclic) bond motifs is 13. The number of hydrazine groups is 1. The van der Waals surface area contributed by atoms with Gasteiger partial charge in [0.25, 0.3) is 0 Å². The number of hydrogen-bond acceptors (Lipinski definition) is 3. The zero-order valence-electron chi connectivity index (χ0n) is 33.5. The molecule has 0 saturated carbocycles. The molecular weight excluding hydrogens is 739 g/mol. The highest BCUT2D eigenvalue weighted by molar-refractivity contribution is 6.12. The van der Waals surface area contributed by atoms with Gasteiger partial charge < -0.3 is 10.3 Å². The number of nitrogens with two attached hydrogens (primary N) is 1. The summed E-state index contributed by atoms with van der Waals surface area (Å²) in [5.41, 5.74) is 20.6. The lowest BCUT2D eigenvalue weighted by Gasteiger charge is -2.46. The third kappa shape index (κ3) is 5.21. The Morgan fingerprint density at radius 1 is 0.410 bits per heavy atom. The monoisotopic (exact) mass is 779 g/mol. The van der Waals surface area contributed by atoms with Crippen LogP contribution in [0.5, 0.6) is 0 Å². The van der Waals surface area contributed by atoms with Gasteiger partial charge in [0.1, 0.15) is 0 Å². The van der Waals surface area contributed by atoms with Gasteiger partial charge >= 0.3 is 0 Å². The van der Waals surface area contributed by atoms with Crippen LogP contribution in [0.25, 0.3) is 43.8 Å². The van der Waals surface area contributed by atoms with Gasteiger partial charge in [-0.2, -0.15) is 0 Å². The maximum Gasteiger partial charge on any atom is 0.0754 e. The third-order valence-corrected chi connectivity index (χ3v) is 13.3. The summed E-state index contributed by atoms with van der Waals surface area (Å²) in [4.78, 5) is 2.54. The number of para-hydroxylation sites is 2. The first kappa shape index (κ1) is 35.2. The van der Waals surface area contributed by atoms with E-state index in [1.807, 2.05) is 12.1 Å². The van der Waals surface area contributed by atoms with Gasteiger partial charge in [0, 0.05) is 22.4 Å². The molecule has 0 fully saturated rings. The Morgan fingerprint density at radius 3 is 1.62 bits per heavy atom. The quantitative estimate of drug-likeness (QED) is 0.100. The summed E-state index contributed by atoms with van der Waals surface area (Å²) in [6.07, 6.45) is 0. The fourth-order valence-corrected chi connectivity index (χ4v) is 10.7. The Bertz CT molecular complexity index is 3210. The highest BCUT2D eigenvalue weighted by atomic mass is 15.2. The smallest absolute Gasteiger partial charge is 0.0754 e. The van der Waals surface area contributed by atoms with Crippen molar-refractivity contribution in [2.45, 2.75) is 11.3 Å². The van der Waals surface area contributed by atoms with Crippen molar-refractivity contribution in [1.82, 2.24) is 0 Å². The fraction of sp³-hybridized carbons (Fsp3) is 0.0345. The van der Waals surface area contributed by atoms with E-state index in [4.69, 9.17) is 5.84 Å². The molecule has 10 aromatic carbocycles.